The molecule has 7 nitrogen and oxygen atoms in total. The zero-order valence-electron chi connectivity index (χ0n) is 19.9. The van der Waals surface area contributed by atoms with Crippen molar-refractivity contribution in [3.63, 3.8) is 0 Å². The van der Waals surface area contributed by atoms with Gasteiger partial charge >= 0.3 is 12.1 Å². The van der Waals surface area contributed by atoms with Gasteiger partial charge in [0.1, 0.15) is 25.0 Å². The summed E-state index contributed by atoms with van der Waals surface area (Å²) in [7, 11) is 1.58. The Balaban J connectivity index is 1.37. The molecule has 0 spiro atoms. The molecule has 0 radical (unpaired) electrons. The van der Waals surface area contributed by atoms with Gasteiger partial charge in [0, 0.05) is 12.3 Å². The van der Waals surface area contributed by atoms with E-state index < -0.39 is 18.1 Å². The second-order valence-electron chi connectivity index (χ2n) is 8.48. The number of nitrogens with two attached hydrogens (primary N) is 1. The van der Waals surface area contributed by atoms with Gasteiger partial charge in [-0.1, -0.05) is 72.9 Å². The molecule has 1 aliphatic rings. The van der Waals surface area contributed by atoms with Gasteiger partial charge in [-0.15, -0.1) is 0 Å². The van der Waals surface area contributed by atoms with Crippen molar-refractivity contribution in [3.8, 4) is 16.9 Å². The SMILES string of the molecule is COc1ccc(COC(=O)[C@H](CCC(N)=S)NC(=O)OCC2c3ccccc3-c3ccccc32)cc1. The molecule has 1 aliphatic carbocycles. The summed E-state index contributed by atoms with van der Waals surface area (Å²) >= 11 is 4.95. The van der Waals surface area contributed by atoms with Gasteiger partial charge in [0.25, 0.3) is 0 Å². The summed E-state index contributed by atoms with van der Waals surface area (Å²) in [5, 5.41) is 2.63. The van der Waals surface area contributed by atoms with Crippen LogP contribution in [0.15, 0.2) is 72.8 Å². The van der Waals surface area contributed by atoms with Crippen LogP contribution in [0.2, 0.25) is 0 Å². The van der Waals surface area contributed by atoms with Crippen LogP contribution in [0.5, 0.6) is 5.75 Å². The molecule has 3 aromatic carbocycles. The predicted molar refractivity (Wildman–Crippen MR) is 141 cm³/mol. The smallest absolute Gasteiger partial charge is 0.407 e. The summed E-state index contributed by atoms with van der Waals surface area (Å²) in [6.07, 6.45) is -0.214. The lowest BCUT2D eigenvalue weighted by Crippen LogP contribution is -2.43. The quantitative estimate of drug-likeness (QED) is 0.305. The molecule has 4 rings (SSSR count). The molecule has 0 aromatic heterocycles. The average Bonchev–Trinajstić information content (AvgIpc) is 3.22. The lowest BCUT2D eigenvalue weighted by molar-refractivity contribution is -0.147. The maximum absolute atomic E-state index is 12.8. The van der Waals surface area contributed by atoms with Gasteiger partial charge in [0.2, 0.25) is 0 Å². The van der Waals surface area contributed by atoms with E-state index in [2.05, 4.69) is 17.4 Å². The first-order valence-electron chi connectivity index (χ1n) is 11.7. The van der Waals surface area contributed by atoms with Gasteiger partial charge in [-0.3, -0.25) is 0 Å². The number of hydrogen-bond donors (Lipinski definition) is 2. The third-order valence-corrected chi connectivity index (χ3v) is 6.34. The summed E-state index contributed by atoms with van der Waals surface area (Å²) in [6, 6.07) is 22.4. The lowest BCUT2D eigenvalue weighted by Gasteiger charge is -2.19. The fraction of sp³-hybridized carbons (Fsp3) is 0.250. The molecule has 186 valence electrons. The number of alkyl carbamates (subject to hydrolysis) is 1. The van der Waals surface area contributed by atoms with Crippen LogP contribution in [-0.2, 0) is 20.9 Å². The highest BCUT2D eigenvalue weighted by molar-refractivity contribution is 7.80. The van der Waals surface area contributed by atoms with Crippen molar-refractivity contribution in [1.29, 1.82) is 0 Å². The van der Waals surface area contributed by atoms with Crippen molar-refractivity contribution in [2.24, 2.45) is 5.73 Å². The summed E-state index contributed by atoms with van der Waals surface area (Å²) in [4.78, 5) is 25.7. The number of benzene rings is 3. The maximum atomic E-state index is 12.8. The van der Waals surface area contributed by atoms with Crippen molar-refractivity contribution in [1.82, 2.24) is 5.32 Å². The van der Waals surface area contributed by atoms with E-state index >= 15 is 0 Å². The number of carbonyl (C=O) groups is 2. The van der Waals surface area contributed by atoms with Gasteiger partial charge < -0.3 is 25.3 Å². The molecule has 36 heavy (non-hydrogen) atoms. The van der Waals surface area contributed by atoms with Crippen LogP contribution >= 0.6 is 12.2 Å². The van der Waals surface area contributed by atoms with Crippen molar-refractivity contribution in [2.75, 3.05) is 13.7 Å². The molecule has 0 heterocycles. The van der Waals surface area contributed by atoms with Crippen LogP contribution in [0, 0.1) is 0 Å². The second-order valence-corrected chi connectivity index (χ2v) is 9.01. The summed E-state index contributed by atoms with van der Waals surface area (Å²) in [5.41, 5.74) is 10.9. The van der Waals surface area contributed by atoms with E-state index in [4.69, 9.17) is 32.2 Å². The number of ether oxygens (including phenoxy) is 3. The molecule has 8 heteroatoms. The predicted octanol–water partition coefficient (Wildman–Crippen LogP) is 4.71. The first-order chi connectivity index (χ1) is 17.5. The zero-order valence-corrected chi connectivity index (χ0v) is 20.8. The first kappa shape index (κ1) is 25.2. The molecule has 0 saturated heterocycles. The van der Waals surface area contributed by atoms with Crippen molar-refractivity contribution in [3.05, 3.63) is 89.5 Å². The first-order valence-corrected chi connectivity index (χ1v) is 12.1. The third kappa shape index (κ3) is 6.01. The monoisotopic (exact) mass is 504 g/mol. The number of fused-ring (bicyclic) bond motifs is 3. The van der Waals surface area contributed by atoms with Crippen LogP contribution in [0.3, 0.4) is 0 Å². The van der Waals surface area contributed by atoms with Crippen molar-refractivity contribution in [2.45, 2.75) is 31.4 Å². The second kappa shape index (κ2) is 11.7. The summed E-state index contributed by atoms with van der Waals surface area (Å²) < 4.78 is 16.1. The standard InChI is InChI=1S/C28H28N2O5S/c1-33-19-12-10-18(11-13-19)16-34-27(31)25(14-15-26(29)36)30-28(32)35-17-24-22-8-4-2-6-20(22)21-7-3-5-9-23(21)24/h2-13,24-25H,14-17H2,1H3,(H2,29,36)(H,30,32)/t25-/m0/s1. The van der Waals surface area contributed by atoms with Crippen molar-refractivity contribution < 1.29 is 23.8 Å². The highest BCUT2D eigenvalue weighted by Gasteiger charge is 2.30. The number of methoxy groups -OCH3 is 1. The van der Waals surface area contributed by atoms with Crippen LogP contribution < -0.4 is 15.8 Å². The van der Waals surface area contributed by atoms with E-state index in [1.165, 1.54) is 0 Å². The highest BCUT2D eigenvalue weighted by atomic mass is 32.1. The van der Waals surface area contributed by atoms with E-state index in [1.807, 2.05) is 36.4 Å². The molecular formula is C28H28N2O5S. The van der Waals surface area contributed by atoms with Gasteiger partial charge in [0.05, 0.1) is 12.1 Å². The Bertz CT molecular complexity index is 1200. The van der Waals surface area contributed by atoms with Gasteiger partial charge in [-0.2, -0.15) is 0 Å². The molecular weight excluding hydrogens is 476 g/mol. The normalized spacial score (nSPS) is 12.7. The van der Waals surface area contributed by atoms with Gasteiger partial charge in [0.15, 0.2) is 0 Å². The largest absolute Gasteiger partial charge is 0.497 e. The highest BCUT2D eigenvalue weighted by Crippen LogP contribution is 2.44. The van der Waals surface area contributed by atoms with E-state index in [0.29, 0.717) is 5.75 Å². The molecule has 3 aromatic rings. The van der Waals surface area contributed by atoms with E-state index in [0.717, 1.165) is 27.8 Å². The van der Waals surface area contributed by atoms with Crippen LogP contribution in [0.1, 0.15) is 35.4 Å². The number of carbonyl (C=O) groups excluding carboxylic acids is 2. The Labute approximate surface area is 215 Å². The number of amides is 1. The number of rotatable bonds is 10. The van der Waals surface area contributed by atoms with Crippen LogP contribution in [0.25, 0.3) is 11.1 Å². The zero-order chi connectivity index (χ0) is 25.5. The number of hydrogen-bond acceptors (Lipinski definition) is 6. The fourth-order valence-electron chi connectivity index (χ4n) is 4.29. The minimum Gasteiger partial charge on any atom is -0.497 e. The Morgan fingerprint density at radius 1 is 0.944 bits per heavy atom. The molecule has 0 bridgehead atoms. The Morgan fingerprint density at radius 3 is 2.14 bits per heavy atom. The van der Waals surface area contributed by atoms with E-state index in [1.54, 1.807) is 31.4 Å². The lowest BCUT2D eigenvalue weighted by atomic mass is 9.98. The summed E-state index contributed by atoms with van der Waals surface area (Å²) in [6.45, 7) is 0.196. The van der Waals surface area contributed by atoms with E-state index in [9.17, 15) is 9.59 Å². The molecule has 1 atom stereocenters. The third-order valence-electron chi connectivity index (χ3n) is 6.14. The Morgan fingerprint density at radius 2 is 1.56 bits per heavy atom. The minimum atomic E-state index is -0.944. The summed E-state index contributed by atoms with van der Waals surface area (Å²) in [5.74, 6) is 0.0344. The van der Waals surface area contributed by atoms with Crippen molar-refractivity contribution >= 4 is 29.3 Å². The number of esters is 1. The Hall–Kier alpha value is -3.91. The molecule has 1 amide bonds. The molecule has 0 aliphatic heterocycles. The molecule has 0 saturated carbocycles. The molecule has 0 unspecified atom stereocenters. The minimum absolute atomic E-state index is 0.0543. The van der Waals surface area contributed by atoms with E-state index in [-0.39, 0.29) is 37.0 Å². The number of thiocarbonyl (C=S) groups is 1. The molecule has 3 N–H and O–H groups in total. The van der Waals surface area contributed by atoms with Crippen LogP contribution in [-0.4, -0.2) is 36.8 Å². The number of nitrogens with one attached hydrogen (secondary N) is 1. The maximum Gasteiger partial charge on any atom is 0.407 e. The Kier molecular flexibility index (Phi) is 8.17. The van der Waals surface area contributed by atoms with Crippen LogP contribution in [0.4, 0.5) is 4.79 Å². The molecule has 0 fully saturated rings. The topological polar surface area (TPSA) is 99.9 Å². The van der Waals surface area contributed by atoms with Gasteiger partial charge in [-0.25, -0.2) is 9.59 Å². The average molecular weight is 505 g/mol. The fourth-order valence-corrected chi connectivity index (χ4v) is 4.41. The van der Waals surface area contributed by atoms with Gasteiger partial charge in [-0.05, 0) is 46.4 Å².